The molecule has 0 spiro atoms. The highest BCUT2D eigenvalue weighted by Gasteiger charge is 2.15. The summed E-state index contributed by atoms with van der Waals surface area (Å²) >= 11 is 1.27. The summed E-state index contributed by atoms with van der Waals surface area (Å²) in [6, 6.07) is 5.62. The predicted molar refractivity (Wildman–Crippen MR) is 66.7 cm³/mol. The van der Waals surface area contributed by atoms with Gasteiger partial charge in [0.25, 0.3) is 0 Å². The monoisotopic (exact) mass is 266 g/mol. The van der Waals surface area contributed by atoms with Gasteiger partial charge in [-0.1, -0.05) is 11.8 Å². The van der Waals surface area contributed by atoms with Crippen LogP contribution in [0.5, 0.6) is 0 Å². The van der Waals surface area contributed by atoms with Gasteiger partial charge in [-0.25, -0.2) is 9.37 Å². The van der Waals surface area contributed by atoms with E-state index in [9.17, 15) is 9.18 Å². The Balaban J connectivity index is 1.93. The third-order valence-corrected chi connectivity index (χ3v) is 3.15. The number of nitrogens with zero attached hydrogens (tertiary/aromatic N) is 2. The number of hydrogen-bond acceptors (Lipinski definition) is 4. The molecule has 0 aliphatic rings. The zero-order valence-corrected chi connectivity index (χ0v) is 10.4. The Labute approximate surface area is 107 Å². The smallest absolute Gasteiger partial charge is 0.237 e. The molecule has 5 nitrogen and oxygen atoms in total. The van der Waals surface area contributed by atoms with Crippen LogP contribution in [0, 0.1) is 5.82 Å². The quantitative estimate of drug-likeness (QED) is 0.831. The molecule has 2 rings (SSSR count). The summed E-state index contributed by atoms with van der Waals surface area (Å²) in [4.78, 5) is 15.8. The van der Waals surface area contributed by atoms with Gasteiger partial charge in [-0.3, -0.25) is 9.89 Å². The van der Waals surface area contributed by atoms with Crippen molar-refractivity contribution in [3.8, 4) is 0 Å². The molecule has 2 aromatic rings. The molecule has 0 radical (unpaired) electrons. The average Bonchev–Trinajstić information content (AvgIpc) is 2.85. The van der Waals surface area contributed by atoms with Crippen LogP contribution in [0.4, 0.5) is 10.1 Å². The van der Waals surface area contributed by atoms with Crippen molar-refractivity contribution in [2.24, 2.45) is 0 Å². The van der Waals surface area contributed by atoms with Crippen molar-refractivity contribution < 1.29 is 9.18 Å². The lowest BCUT2D eigenvalue weighted by molar-refractivity contribution is -0.115. The molecule has 2 N–H and O–H groups in total. The number of carbonyl (C=O) groups excluding carboxylic acids is 1. The minimum absolute atomic E-state index is 0.178. The second-order valence-corrected chi connectivity index (χ2v) is 4.88. The molecular formula is C11H11FN4OS. The highest BCUT2D eigenvalue weighted by Crippen LogP contribution is 2.19. The Morgan fingerprint density at radius 3 is 2.78 bits per heavy atom. The van der Waals surface area contributed by atoms with Gasteiger partial charge >= 0.3 is 0 Å². The lowest BCUT2D eigenvalue weighted by Crippen LogP contribution is -2.22. The Bertz CT molecular complexity index is 514. The van der Waals surface area contributed by atoms with Crippen molar-refractivity contribution in [3.63, 3.8) is 0 Å². The first-order valence-electron chi connectivity index (χ1n) is 5.23. The van der Waals surface area contributed by atoms with Gasteiger partial charge in [-0.2, -0.15) is 5.10 Å². The molecule has 1 atom stereocenters. The van der Waals surface area contributed by atoms with Gasteiger partial charge in [0.2, 0.25) is 5.91 Å². The number of halogens is 1. The van der Waals surface area contributed by atoms with E-state index < -0.39 is 0 Å². The van der Waals surface area contributed by atoms with E-state index >= 15 is 0 Å². The van der Waals surface area contributed by atoms with E-state index in [1.54, 1.807) is 6.92 Å². The normalized spacial score (nSPS) is 12.1. The molecule has 1 unspecified atom stereocenters. The minimum atomic E-state index is -0.336. The maximum absolute atomic E-state index is 12.7. The Morgan fingerprint density at radius 2 is 2.17 bits per heavy atom. The molecule has 0 aliphatic carbocycles. The topological polar surface area (TPSA) is 70.7 Å². The highest BCUT2D eigenvalue weighted by molar-refractivity contribution is 8.00. The summed E-state index contributed by atoms with van der Waals surface area (Å²) in [5.74, 6) is -0.514. The largest absolute Gasteiger partial charge is 0.325 e. The molecule has 7 heteroatoms. The lowest BCUT2D eigenvalue weighted by Gasteiger charge is -2.10. The van der Waals surface area contributed by atoms with E-state index in [2.05, 4.69) is 20.5 Å². The van der Waals surface area contributed by atoms with Crippen molar-refractivity contribution in [1.29, 1.82) is 0 Å². The van der Waals surface area contributed by atoms with Crippen LogP contribution in [0.3, 0.4) is 0 Å². The number of H-pyrrole nitrogens is 1. The Morgan fingerprint density at radius 1 is 1.44 bits per heavy atom. The summed E-state index contributed by atoms with van der Waals surface area (Å²) in [5.41, 5.74) is 0.561. The average molecular weight is 266 g/mol. The number of aromatic nitrogens is 3. The van der Waals surface area contributed by atoms with Crippen molar-refractivity contribution in [2.75, 3.05) is 5.32 Å². The third kappa shape index (κ3) is 3.30. The van der Waals surface area contributed by atoms with Crippen LogP contribution in [-0.4, -0.2) is 26.3 Å². The second-order valence-electron chi connectivity index (χ2n) is 3.55. The van der Waals surface area contributed by atoms with Crippen LogP contribution < -0.4 is 5.32 Å². The third-order valence-electron chi connectivity index (χ3n) is 2.16. The van der Waals surface area contributed by atoms with Gasteiger partial charge < -0.3 is 5.32 Å². The van der Waals surface area contributed by atoms with Gasteiger partial charge in [-0.15, -0.1) is 0 Å². The lowest BCUT2D eigenvalue weighted by atomic mass is 10.3. The Kier molecular flexibility index (Phi) is 3.93. The number of hydrogen-bond donors (Lipinski definition) is 2. The molecule has 0 bridgehead atoms. The molecule has 1 aromatic heterocycles. The SMILES string of the molecule is CC(Sc1ncn[nH]1)C(=O)Nc1ccc(F)cc1. The van der Waals surface area contributed by atoms with E-state index in [0.29, 0.717) is 10.8 Å². The maximum atomic E-state index is 12.7. The molecule has 1 heterocycles. The fourth-order valence-corrected chi connectivity index (χ4v) is 1.96. The number of thioether (sulfide) groups is 1. The van der Waals surface area contributed by atoms with E-state index in [1.165, 1.54) is 42.4 Å². The molecule has 0 aliphatic heterocycles. The molecule has 0 fully saturated rings. The standard InChI is InChI=1S/C11H11FN4OS/c1-7(18-11-13-6-14-16-11)10(17)15-9-4-2-8(12)3-5-9/h2-7H,1H3,(H,15,17)(H,13,14,16). The summed E-state index contributed by atoms with van der Waals surface area (Å²) in [5, 5.41) is 9.31. The first-order valence-corrected chi connectivity index (χ1v) is 6.11. The van der Waals surface area contributed by atoms with Crippen LogP contribution in [-0.2, 0) is 4.79 Å². The fraction of sp³-hybridized carbons (Fsp3) is 0.182. The van der Waals surface area contributed by atoms with Gasteiger partial charge in [0.15, 0.2) is 5.16 Å². The van der Waals surface area contributed by atoms with Crippen LogP contribution in [0.25, 0.3) is 0 Å². The number of nitrogens with one attached hydrogen (secondary N) is 2. The van der Waals surface area contributed by atoms with E-state index in [4.69, 9.17) is 0 Å². The molecule has 94 valence electrons. The number of rotatable bonds is 4. The van der Waals surface area contributed by atoms with Crippen molar-refractivity contribution in [2.45, 2.75) is 17.3 Å². The van der Waals surface area contributed by atoms with Crippen LogP contribution in [0.1, 0.15) is 6.92 Å². The number of aromatic amines is 1. The van der Waals surface area contributed by atoms with Gasteiger partial charge in [0.05, 0.1) is 5.25 Å². The van der Waals surface area contributed by atoms with Crippen LogP contribution in [0.2, 0.25) is 0 Å². The summed E-state index contributed by atoms with van der Waals surface area (Å²) in [6.45, 7) is 1.76. The fourth-order valence-electron chi connectivity index (χ4n) is 1.25. The number of anilines is 1. The van der Waals surface area contributed by atoms with E-state index in [0.717, 1.165) is 0 Å². The van der Waals surface area contributed by atoms with E-state index in [-0.39, 0.29) is 17.0 Å². The summed E-state index contributed by atoms with van der Waals surface area (Å²) in [7, 11) is 0. The summed E-state index contributed by atoms with van der Waals surface area (Å²) in [6.07, 6.45) is 1.38. The zero-order valence-electron chi connectivity index (χ0n) is 9.55. The van der Waals surface area contributed by atoms with Crippen molar-refractivity contribution >= 4 is 23.4 Å². The molecule has 1 aromatic carbocycles. The van der Waals surface area contributed by atoms with Crippen molar-refractivity contribution in [1.82, 2.24) is 15.2 Å². The zero-order chi connectivity index (χ0) is 13.0. The summed E-state index contributed by atoms with van der Waals surface area (Å²) < 4.78 is 12.7. The minimum Gasteiger partial charge on any atom is -0.325 e. The maximum Gasteiger partial charge on any atom is 0.237 e. The van der Waals surface area contributed by atoms with Gasteiger partial charge in [0.1, 0.15) is 12.1 Å². The molecule has 0 saturated carbocycles. The molecular weight excluding hydrogens is 255 g/mol. The van der Waals surface area contributed by atoms with Gasteiger partial charge in [0, 0.05) is 5.69 Å². The number of carbonyl (C=O) groups is 1. The first kappa shape index (κ1) is 12.6. The second kappa shape index (κ2) is 5.63. The number of benzene rings is 1. The van der Waals surface area contributed by atoms with E-state index in [1.807, 2.05) is 0 Å². The number of amides is 1. The van der Waals surface area contributed by atoms with Crippen LogP contribution >= 0.6 is 11.8 Å². The van der Waals surface area contributed by atoms with Crippen LogP contribution in [0.15, 0.2) is 35.7 Å². The Hall–Kier alpha value is -1.89. The predicted octanol–water partition coefficient (Wildman–Crippen LogP) is 2.06. The molecule has 18 heavy (non-hydrogen) atoms. The first-order chi connectivity index (χ1) is 8.65. The van der Waals surface area contributed by atoms with Crippen molar-refractivity contribution in [3.05, 3.63) is 36.4 Å². The molecule has 0 saturated heterocycles. The van der Waals surface area contributed by atoms with Gasteiger partial charge in [-0.05, 0) is 31.2 Å². The highest BCUT2D eigenvalue weighted by atomic mass is 32.2. The molecule has 1 amide bonds.